The normalized spacial score (nSPS) is 53.0. The second kappa shape index (κ2) is 2.17. The number of hydrogen-bond donors (Lipinski definition) is 0. The Labute approximate surface area is 78.6 Å². The lowest BCUT2D eigenvalue weighted by atomic mass is 9.81. The average Bonchev–Trinajstić information content (AvgIpc) is 2.77. The monoisotopic (exact) mass is 180 g/mol. The van der Waals surface area contributed by atoms with Crippen molar-refractivity contribution in [1.82, 2.24) is 0 Å². The summed E-state index contributed by atoms with van der Waals surface area (Å²) >= 11 is 0. The van der Waals surface area contributed by atoms with Gasteiger partial charge in [-0.25, -0.2) is 0 Å². The molecule has 0 amide bonds. The molecular formula is C11H16O2. The Hall–Kier alpha value is -0.370. The standard InChI is InChI=1S/C11H16O2/c1-13-8-6-10-4-2-3-5-11(10,7-10)9(8)12/h8H,2-7H2,1H3. The Morgan fingerprint density at radius 2 is 2.15 bits per heavy atom. The van der Waals surface area contributed by atoms with Gasteiger partial charge in [-0.15, -0.1) is 0 Å². The molecule has 0 aromatic heterocycles. The SMILES string of the molecule is COC1CC23CCCCC2(C3)C1=O. The van der Waals surface area contributed by atoms with Crippen LogP contribution in [0.5, 0.6) is 0 Å². The number of ketones is 1. The Morgan fingerprint density at radius 3 is 2.85 bits per heavy atom. The van der Waals surface area contributed by atoms with E-state index in [-0.39, 0.29) is 11.5 Å². The molecule has 2 nitrogen and oxygen atoms in total. The molecule has 3 rings (SSSR count). The van der Waals surface area contributed by atoms with Gasteiger partial charge in [-0.1, -0.05) is 12.8 Å². The van der Waals surface area contributed by atoms with Gasteiger partial charge >= 0.3 is 0 Å². The quantitative estimate of drug-likeness (QED) is 0.616. The zero-order valence-corrected chi connectivity index (χ0v) is 8.14. The number of methoxy groups -OCH3 is 1. The third kappa shape index (κ3) is 0.723. The Bertz CT molecular complexity index is 269. The van der Waals surface area contributed by atoms with E-state index in [1.54, 1.807) is 7.11 Å². The number of Topliss-reactive ketones (excluding diaryl/α,β-unsaturated/α-hetero) is 1. The van der Waals surface area contributed by atoms with E-state index in [0.717, 1.165) is 12.8 Å². The third-order valence-corrected chi connectivity index (χ3v) is 4.66. The fourth-order valence-electron chi connectivity index (χ4n) is 3.89. The van der Waals surface area contributed by atoms with E-state index in [9.17, 15) is 4.79 Å². The van der Waals surface area contributed by atoms with Crippen molar-refractivity contribution in [2.75, 3.05) is 7.11 Å². The predicted molar refractivity (Wildman–Crippen MR) is 48.4 cm³/mol. The first-order chi connectivity index (χ1) is 6.24. The average molecular weight is 180 g/mol. The van der Waals surface area contributed by atoms with Crippen molar-refractivity contribution >= 4 is 5.78 Å². The second-order valence-corrected chi connectivity index (χ2v) is 5.04. The van der Waals surface area contributed by atoms with Gasteiger partial charge in [0.2, 0.25) is 0 Å². The molecule has 13 heavy (non-hydrogen) atoms. The summed E-state index contributed by atoms with van der Waals surface area (Å²) in [6.45, 7) is 0. The zero-order chi connectivity index (χ0) is 9.10. The molecular weight excluding hydrogens is 164 g/mol. The second-order valence-electron chi connectivity index (χ2n) is 5.04. The molecule has 0 N–H and O–H groups in total. The van der Waals surface area contributed by atoms with Crippen LogP contribution < -0.4 is 0 Å². The number of hydrogen-bond acceptors (Lipinski definition) is 2. The van der Waals surface area contributed by atoms with Crippen LogP contribution in [0.25, 0.3) is 0 Å². The van der Waals surface area contributed by atoms with Crippen LogP contribution in [0.1, 0.15) is 38.5 Å². The van der Waals surface area contributed by atoms with E-state index in [2.05, 4.69) is 0 Å². The van der Waals surface area contributed by atoms with Crippen LogP contribution >= 0.6 is 0 Å². The summed E-state index contributed by atoms with van der Waals surface area (Å²) in [4.78, 5) is 12.0. The summed E-state index contributed by atoms with van der Waals surface area (Å²) in [5.74, 6) is 0.426. The molecule has 0 aliphatic heterocycles. The molecule has 3 unspecified atom stereocenters. The van der Waals surface area contributed by atoms with E-state index in [1.165, 1.54) is 25.7 Å². The minimum Gasteiger partial charge on any atom is -0.374 e. The molecule has 3 atom stereocenters. The summed E-state index contributed by atoms with van der Waals surface area (Å²) in [5.41, 5.74) is 0.509. The lowest BCUT2D eigenvalue weighted by Gasteiger charge is -2.21. The first kappa shape index (κ1) is 7.98. The van der Waals surface area contributed by atoms with Crippen molar-refractivity contribution < 1.29 is 9.53 Å². The van der Waals surface area contributed by atoms with Crippen molar-refractivity contribution in [2.24, 2.45) is 10.8 Å². The van der Waals surface area contributed by atoms with E-state index in [0.29, 0.717) is 11.2 Å². The highest BCUT2D eigenvalue weighted by Gasteiger charge is 2.76. The van der Waals surface area contributed by atoms with Crippen molar-refractivity contribution in [2.45, 2.75) is 44.6 Å². The van der Waals surface area contributed by atoms with Gasteiger partial charge in [0.25, 0.3) is 0 Å². The smallest absolute Gasteiger partial charge is 0.168 e. The number of ether oxygens (including phenoxy) is 1. The Balaban J connectivity index is 1.94. The van der Waals surface area contributed by atoms with Crippen molar-refractivity contribution in [3.8, 4) is 0 Å². The first-order valence-electron chi connectivity index (χ1n) is 5.31. The van der Waals surface area contributed by atoms with Gasteiger partial charge in [0.1, 0.15) is 6.10 Å². The molecule has 0 aromatic rings. The maximum atomic E-state index is 12.0. The fourth-order valence-corrected chi connectivity index (χ4v) is 3.89. The van der Waals surface area contributed by atoms with Gasteiger partial charge in [-0.3, -0.25) is 4.79 Å². The number of carbonyl (C=O) groups excluding carboxylic acids is 1. The predicted octanol–water partition coefficient (Wildman–Crippen LogP) is 1.92. The van der Waals surface area contributed by atoms with Crippen LogP contribution in [0.4, 0.5) is 0 Å². The van der Waals surface area contributed by atoms with Gasteiger partial charge in [-0.05, 0) is 31.1 Å². The highest BCUT2D eigenvalue weighted by Crippen LogP contribution is 2.77. The lowest BCUT2D eigenvalue weighted by Crippen LogP contribution is -2.26. The Kier molecular flexibility index (Phi) is 1.33. The molecule has 3 fully saturated rings. The minimum atomic E-state index is -0.0631. The fraction of sp³-hybridized carbons (Fsp3) is 0.909. The van der Waals surface area contributed by atoms with Crippen LogP contribution in [-0.4, -0.2) is 19.0 Å². The third-order valence-electron chi connectivity index (χ3n) is 4.66. The summed E-state index contributed by atoms with van der Waals surface area (Å²) < 4.78 is 5.26. The maximum absolute atomic E-state index is 12.0. The highest BCUT2D eigenvalue weighted by atomic mass is 16.5. The molecule has 0 radical (unpaired) electrons. The van der Waals surface area contributed by atoms with Gasteiger partial charge in [0.15, 0.2) is 5.78 Å². The molecule has 72 valence electrons. The van der Waals surface area contributed by atoms with E-state index >= 15 is 0 Å². The topological polar surface area (TPSA) is 26.3 Å². The molecule has 0 heterocycles. The molecule has 0 aromatic carbocycles. The summed E-state index contributed by atoms with van der Waals surface area (Å²) in [6, 6.07) is 0. The van der Waals surface area contributed by atoms with Crippen LogP contribution in [0.2, 0.25) is 0 Å². The largest absolute Gasteiger partial charge is 0.374 e. The number of rotatable bonds is 1. The van der Waals surface area contributed by atoms with E-state index in [1.807, 2.05) is 0 Å². The molecule has 0 saturated heterocycles. The van der Waals surface area contributed by atoms with Gasteiger partial charge in [0, 0.05) is 12.5 Å². The highest BCUT2D eigenvalue weighted by molar-refractivity contribution is 5.96. The zero-order valence-electron chi connectivity index (χ0n) is 8.14. The van der Waals surface area contributed by atoms with Gasteiger partial charge < -0.3 is 4.74 Å². The summed E-state index contributed by atoms with van der Waals surface area (Å²) in [6.07, 6.45) is 7.13. The molecule has 2 heteroatoms. The first-order valence-corrected chi connectivity index (χ1v) is 5.31. The van der Waals surface area contributed by atoms with Crippen molar-refractivity contribution in [3.05, 3.63) is 0 Å². The van der Waals surface area contributed by atoms with Crippen molar-refractivity contribution in [1.29, 1.82) is 0 Å². The molecule has 3 saturated carbocycles. The van der Waals surface area contributed by atoms with Gasteiger partial charge in [0.05, 0.1) is 0 Å². The summed E-state index contributed by atoms with van der Waals surface area (Å²) in [7, 11) is 1.67. The van der Waals surface area contributed by atoms with Crippen LogP contribution in [-0.2, 0) is 9.53 Å². The molecule has 0 spiro atoms. The van der Waals surface area contributed by atoms with E-state index < -0.39 is 0 Å². The maximum Gasteiger partial charge on any atom is 0.168 e. The van der Waals surface area contributed by atoms with Crippen LogP contribution in [0, 0.1) is 10.8 Å². The number of carbonyl (C=O) groups is 1. The summed E-state index contributed by atoms with van der Waals surface area (Å²) in [5, 5.41) is 0. The molecule has 3 aliphatic carbocycles. The van der Waals surface area contributed by atoms with E-state index in [4.69, 9.17) is 4.74 Å². The lowest BCUT2D eigenvalue weighted by molar-refractivity contribution is -0.131. The van der Waals surface area contributed by atoms with Crippen LogP contribution in [0.15, 0.2) is 0 Å². The van der Waals surface area contributed by atoms with Crippen LogP contribution in [0.3, 0.4) is 0 Å². The van der Waals surface area contributed by atoms with Crippen molar-refractivity contribution in [3.63, 3.8) is 0 Å². The molecule has 3 aliphatic rings. The molecule has 0 bridgehead atoms. The minimum absolute atomic E-state index is 0.0631. The Morgan fingerprint density at radius 1 is 1.38 bits per heavy atom. The van der Waals surface area contributed by atoms with Gasteiger partial charge in [-0.2, -0.15) is 0 Å².